The fourth-order valence-electron chi connectivity index (χ4n) is 6.98. The average molecular weight is 648 g/mol. The van der Waals surface area contributed by atoms with Crippen LogP contribution in [0.1, 0.15) is 0 Å². The lowest BCUT2D eigenvalue weighted by molar-refractivity contribution is 1.33. The van der Waals surface area contributed by atoms with Gasteiger partial charge in [0.1, 0.15) is 0 Å². The number of thiazole rings is 2. The minimum absolute atomic E-state index is 0.965. The van der Waals surface area contributed by atoms with E-state index in [1.54, 1.807) is 22.7 Å². The summed E-state index contributed by atoms with van der Waals surface area (Å²) in [6, 6.07) is 50.6. The number of fused-ring (bicyclic) bond motifs is 8. The molecule has 0 amide bonds. The highest BCUT2D eigenvalue weighted by Crippen LogP contribution is 2.39. The summed E-state index contributed by atoms with van der Waals surface area (Å²) in [6.45, 7) is 0. The van der Waals surface area contributed by atoms with E-state index in [1.165, 1.54) is 64.0 Å². The van der Waals surface area contributed by atoms with Crippen molar-refractivity contribution in [1.29, 1.82) is 0 Å². The molecule has 0 saturated heterocycles. The van der Waals surface area contributed by atoms with Crippen LogP contribution in [-0.2, 0) is 0 Å². The highest BCUT2D eigenvalue weighted by Gasteiger charge is 2.13. The molecule has 0 aliphatic carbocycles. The van der Waals surface area contributed by atoms with Gasteiger partial charge in [-0.15, -0.1) is 22.7 Å². The Balaban J connectivity index is 1.08. The van der Waals surface area contributed by atoms with Crippen molar-refractivity contribution < 1.29 is 0 Å². The second kappa shape index (κ2) is 10.9. The summed E-state index contributed by atoms with van der Waals surface area (Å²) in [5.74, 6) is 0. The largest absolute Gasteiger partial charge is 0.248 e. The maximum Gasteiger partial charge on any atom is 0.0812 e. The third-order valence-corrected chi connectivity index (χ3v) is 11.0. The summed E-state index contributed by atoms with van der Waals surface area (Å²) in [6.07, 6.45) is 0. The Morgan fingerprint density at radius 3 is 1.46 bits per heavy atom. The predicted octanol–water partition coefficient (Wildman–Crippen LogP) is 12.4. The monoisotopic (exact) mass is 647 g/mol. The van der Waals surface area contributed by atoms with Crippen LogP contribution in [0, 0.1) is 0 Å². The molecule has 0 N–H and O–H groups in total. The van der Waals surface area contributed by atoms with E-state index in [1.807, 2.05) is 11.0 Å². The van der Waals surface area contributed by atoms with Crippen LogP contribution in [0.2, 0.25) is 0 Å². The summed E-state index contributed by atoms with van der Waals surface area (Å²) in [5.41, 5.74) is 14.9. The zero-order valence-electron chi connectivity index (χ0n) is 25.6. The first kappa shape index (κ1) is 27.4. The van der Waals surface area contributed by atoms with Gasteiger partial charge in [0, 0.05) is 11.1 Å². The van der Waals surface area contributed by atoms with Crippen LogP contribution in [-0.4, -0.2) is 15.0 Å². The van der Waals surface area contributed by atoms with E-state index in [2.05, 4.69) is 149 Å². The molecule has 0 aliphatic heterocycles. The first-order chi connectivity index (χ1) is 23.7. The predicted molar refractivity (Wildman–Crippen MR) is 205 cm³/mol. The number of rotatable bonds is 4. The third-order valence-electron chi connectivity index (χ3n) is 9.37. The quantitative estimate of drug-likeness (QED) is 0.178. The summed E-state index contributed by atoms with van der Waals surface area (Å²) in [4.78, 5) is 14.0. The molecule has 0 saturated carbocycles. The van der Waals surface area contributed by atoms with Gasteiger partial charge in [-0.3, -0.25) is 0 Å². The van der Waals surface area contributed by atoms with Crippen LogP contribution in [0.15, 0.2) is 151 Å². The van der Waals surface area contributed by atoms with Gasteiger partial charge < -0.3 is 0 Å². The van der Waals surface area contributed by atoms with Gasteiger partial charge in [-0.1, -0.05) is 84.9 Å². The molecule has 3 nitrogen and oxygen atoms in total. The molecule has 0 fully saturated rings. The first-order valence-corrected chi connectivity index (χ1v) is 17.6. The maximum absolute atomic E-state index is 5.12. The molecular weight excluding hydrogens is 623 g/mol. The SMILES string of the molecule is c1cc(-c2ccc3ncsc3c2)cc(-c2ccc3c4ccc(-c5cccc(-c6ccc7ncsc7c6)n5)cc4c4ccccc4c3c2)c1. The van der Waals surface area contributed by atoms with E-state index in [0.717, 1.165) is 33.5 Å². The molecule has 5 heteroatoms. The fraction of sp³-hybridized carbons (Fsp3) is 0. The molecule has 48 heavy (non-hydrogen) atoms. The lowest BCUT2D eigenvalue weighted by atomic mass is 9.90. The molecule has 3 heterocycles. The molecular formula is C43H25N3S2. The molecule has 0 aliphatic rings. The van der Waals surface area contributed by atoms with E-state index in [-0.39, 0.29) is 0 Å². The van der Waals surface area contributed by atoms with Crippen LogP contribution in [0.5, 0.6) is 0 Å². The summed E-state index contributed by atoms with van der Waals surface area (Å²) >= 11 is 3.34. The van der Waals surface area contributed by atoms with Gasteiger partial charge in [-0.25, -0.2) is 15.0 Å². The molecule has 0 unspecified atom stereocenters. The zero-order chi connectivity index (χ0) is 31.6. The molecule has 10 rings (SSSR count). The van der Waals surface area contributed by atoms with Crippen molar-refractivity contribution in [2.24, 2.45) is 0 Å². The second-order valence-electron chi connectivity index (χ2n) is 12.1. The number of nitrogens with zero attached hydrogens (tertiary/aromatic N) is 3. The van der Waals surface area contributed by atoms with Gasteiger partial charge in [0.2, 0.25) is 0 Å². The van der Waals surface area contributed by atoms with Crippen molar-refractivity contribution in [3.05, 3.63) is 151 Å². The normalized spacial score (nSPS) is 11.8. The van der Waals surface area contributed by atoms with Crippen LogP contribution in [0.4, 0.5) is 0 Å². The highest BCUT2D eigenvalue weighted by atomic mass is 32.1. The Kier molecular flexibility index (Phi) is 6.22. The van der Waals surface area contributed by atoms with Gasteiger partial charge in [-0.05, 0) is 109 Å². The van der Waals surface area contributed by atoms with Crippen LogP contribution in [0.25, 0.3) is 97.5 Å². The van der Waals surface area contributed by atoms with Crippen LogP contribution < -0.4 is 0 Å². The number of benzene rings is 7. The highest BCUT2D eigenvalue weighted by molar-refractivity contribution is 7.17. The summed E-state index contributed by atoms with van der Waals surface area (Å²) < 4.78 is 2.38. The van der Waals surface area contributed by atoms with Crippen molar-refractivity contribution in [3.8, 4) is 44.8 Å². The Labute approximate surface area is 284 Å². The molecule has 0 spiro atoms. The number of hydrogen-bond acceptors (Lipinski definition) is 5. The van der Waals surface area contributed by atoms with Crippen molar-refractivity contribution >= 4 is 75.4 Å². The summed E-state index contributed by atoms with van der Waals surface area (Å²) in [5, 5.41) is 7.51. The molecule has 0 atom stereocenters. The number of pyridine rings is 1. The van der Waals surface area contributed by atoms with E-state index >= 15 is 0 Å². The third kappa shape index (κ3) is 4.51. The first-order valence-electron chi connectivity index (χ1n) is 15.9. The molecule has 3 aromatic heterocycles. The summed E-state index contributed by atoms with van der Waals surface area (Å²) in [7, 11) is 0. The lowest BCUT2D eigenvalue weighted by Crippen LogP contribution is -1.90. The standard InChI is InChI=1S/C43H25N3S2/c1-2-8-33-32(7-1)36-20-28(26-5-3-6-27(19-26)29-13-17-40-42(22-29)47-24-44-40)11-15-34(36)35-16-12-30(21-37(33)35)38-9-4-10-39(46-38)31-14-18-41-43(23-31)48-25-45-41/h1-25H. The Bertz CT molecular complexity index is 2650. The van der Waals surface area contributed by atoms with Crippen molar-refractivity contribution in [1.82, 2.24) is 15.0 Å². The number of hydrogen-bond donors (Lipinski definition) is 0. The zero-order valence-corrected chi connectivity index (χ0v) is 27.2. The van der Waals surface area contributed by atoms with Gasteiger partial charge >= 0.3 is 0 Å². The van der Waals surface area contributed by atoms with E-state index < -0.39 is 0 Å². The topological polar surface area (TPSA) is 38.7 Å². The minimum atomic E-state index is 0.965. The molecule has 0 bridgehead atoms. The molecule has 10 aromatic rings. The Morgan fingerprint density at radius 2 is 0.792 bits per heavy atom. The van der Waals surface area contributed by atoms with Gasteiger partial charge in [0.05, 0.1) is 42.8 Å². The molecule has 224 valence electrons. The second-order valence-corrected chi connectivity index (χ2v) is 13.9. The molecule has 0 radical (unpaired) electrons. The molecule has 7 aromatic carbocycles. The van der Waals surface area contributed by atoms with E-state index in [9.17, 15) is 0 Å². The van der Waals surface area contributed by atoms with Crippen LogP contribution in [0.3, 0.4) is 0 Å². The average Bonchev–Trinajstić information content (AvgIpc) is 3.84. The lowest BCUT2D eigenvalue weighted by Gasteiger charge is -2.14. The smallest absolute Gasteiger partial charge is 0.0812 e. The van der Waals surface area contributed by atoms with E-state index in [0.29, 0.717) is 0 Å². The van der Waals surface area contributed by atoms with Crippen molar-refractivity contribution in [2.75, 3.05) is 0 Å². The van der Waals surface area contributed by atoms with Crippen LogP contribution >= 0.6 is 22.7 Å². The Morgan fingerprint density at radius 1 is 0.333 bits per heavy atom. The fourth-order valence-corrected chi connectivity index (χ4v) is 8.41. The van der Waals surface area contributed by atoms with Crippen molar-refractivity contribution in [2.45, 2.75) is 0 Å². The minimum Gasteiger partial charge on any atom is -0.248 e. The van der Waals surface area contributed by atoms with E-state index in [4.69, 9.17) is 4.98 Å². The van der Waals surface area contributed by atoms with Gasteiger partial charge in [-0.2, -0.15) is 0 Å². The van der Waals surface area contributed by atoms with Gasteiger partial charge in [0.25, 0.3) is 0 Å². The van der Waals surface area contributed by atoms with Crippen molar-refractivity contribution in [3.63, 3.8) is 0 Å². The van der Waals surface area contributed by atoms with Gasteiger partial charge in [0.15, 0.2) is 0 Å². The Hall–Kier alpha value is -5.75. The maximum atomic E-state index is 5.12. The number of aromatic nitrogens is 3.